The fraction of sp³-hybridized carbons (Fsp3) is 0.833. The van der Waals surface area contributed by atoms with Crippen molar-refractivity contribution in [3.05, 3.63) is 11.6 Å². The van der Waals surface area contributed by atoms with Crippen LogP contribution in [0.25, 0.3) is 0 Å². The van der Waals surface area contributed by atoms with Gasteiger partial charge in [0.1, 0.15) is 12.4 Å². The normalized spacial score (nSPS) is 25.3. The Hall–Kier alpha value is -1.63. The monoisotopic (exact) mass is 348 g/mol. The van der Waals surface area contributed by atoms with E-state index < -0.39 is 0 Å². The van der Waals surface area contributed by atoms with Gasteiger partial charge in [-0.25, -0.2) is 4.99 Å². The van der Waals surface area contributed by atoms with Crippen LogP contribution in [-0.4, -0.2) is 45.5 Å². The SMILES string of the molecule is Cc1nnc(CN=C(NCC2(C)CCCO2)NC2CCCCC2)n1C. The standard InChI is InChI=1S/C18H32N6O/c1-14-22-23-16(24(14)3)12-19-17(21-15-8-5-4-6-9-15)20-13-18(2)10-7-11-25-18/h15H,4-13H2,1-3H3,(H2,19,20,21). The molecular formula is C18H32N6O. The first-order valence-electron chi connectivity index (χ1n) is 9.59. The van der Waals surface area contributed by atoms with Crippen LogP contribution in [0.3, 0.4) is 0 Å². The molecule has 1 aromatic heterocycles. The van der Waals surface area contributed by atoms with Crippen molar-refractivity contribution < 1.29 is 4.74 Å². The lowest BCUT2D eigenvalue weighted by molar-refractivity contribution is 0.0242. The van der Waals surface area contributed by atoms with Gasteiger partial charge < -0.3 is 19.9 Å². The first kappa shape index (κ1) is 18.2. The molecule has 0 radical (unpaired) electrons. The minimum Gasteiger partial charge on any atom is -0.373 e. The Labute approximate surface area is 150 Å². The van der Waals surface area contributed by atoms with Crippen LogP contribution < -0.4 is 10.6 Å². The van der Waals surface area contributed by atoms with Gasteiger partial charge in [-0.3, -0.25) is 0 Å². The van der Waals surface area contributed by atoms with Gasteiger partial charge in [0, 0.05) is 26.2 Å². The molecule has 25 heavy (non-hydrogen) atoms. The number of rotatable bonds is 5. The Kier molecular flexibility index (Phi) is 5.93. The molecule has 7 heteroatoms. The molecule has 0 aromatic carbocycles. The lowest BCUT2D eigenvalue weighted by Gasteiger charge is -2.28. The summed E-state index contributed by atoms with van der Waals surface area (Å²) in [6.45, 7) is 6.30. The second-order valence-electron chi connectivity index (χ2n) is 7.62. The second-order valence-corrected chi connectivity index (χ2v) is 7.62. The molecule has 1 aliphatic heterocycles. The quantitative estimate of drug-likeness (QED) is 0.629. The Bertz CT molecular complexity index is 584. The maximum Gasteiger partial charge on any atom is 0.192 e. The molecule has 0 bridgehead atoms. The molecule has 0 amide bonds. The summed E-state index contributed by atoms with van der Waals surface area (Å²) in [6, 6.07) is 0.513. The van der Waals surface area contributed by atoms with Gasteiger partial charge in [-0.2, -0.15) is 0 Å². The summed E-state index contributed by atoms with van der Waals surface area (Å²) in [6.07, 6.45) is 8.62. The van der Waals surface area contributed by atoms with Gasteiger partial charge in [-0.05, 0) is 39.5 Å². The summed E-state index contributed by atoms with van der Waals surface area (Å²) < 4.78 is 7.88. The smallest absolute Gasteiger partial charge is 0.192 e. The maximum atomic E-state index is 5.89. The van der Waals surface area contributed by atoms with Crippen LogP contribution in [0.2, 0.25) is 0 Å². The Morgan fingerprint density at radius 1 is 1.28 bits per heavy atom. The van der Waals surface area contributed by atoms with Crippen LogP contribution in [0.5, 0.6) is 0 Å². The third-order valence-electron chi connectivity index (χ3n) is 5.44. The molecule has 2 heterocycles. The van der Waals surface area contributed by atoms with Crippen LogP contribution >= 0.6 is 0 Å². The van der Waals surface area contributed by atoms with Gasteiger partial charge in [0.05, 0.1) is 5.60 Å². The van der Waals surface area contributed by atoms with E-state index in [9.17, 15) is 0 Å². The first-order valence-corrected chi connectivity index (χ1v) is 9.59. The summed E-state index contributed by atoms with van der Waals surface area (Å²) in [5.41, 5.74) is -0.0869. The Morgan fingerprint density at radius 3 is 2.72 bits per heavy atom. The highest BCUT2D eigenvalue weighted by atomic mass is 16.5. The van der Waals surface area contributed by atoms with Crippen LogP contribution in [0.15, 0.2) is 4.99 Å². The third-order valence-corrected chi connectivity index (χ3v) is 5.44. The molecule has 7 nitrogen and oxygen atoms in total. The topological polar surface area (TPSA) is 76.4 Å². The lowest BCUT2D eigenvalue weighted by atomic mass is 9.96. The second kappa shape index (κ2) is 8.17. The minimum absolute atomic E-state index is 0.0869. The van der Waals surface area contributed by atoms with Crippen molar-refractivity contribution in [3.8, 4) is 0 Å². The zero-order valence-corrected chi connectivity index (χ0v) is 15.8. The fourth-order valence-corrected chi connectivity index (χ4v) is 3.58. The van der Waals surface area contributed by atoms with Crippen molar-refractivity contribution in [3.63, 3.8) is 0 Å². The molecule has 140 valence electrons. The zero-order chi connectivity index (χ0) is 17.7. The molecule has 1 aromatic rings. The summed E-state index contributed by atoms with van der Waals surface area (Å²) in [4.78, 5) is 4.77. The number of hydrogen-bond donors (Lipinski definition) is 2. The van der Waals surface area contributed by atoms with Crippen molar-refractivity contribution in [2.45, 2.75) is 77.0 Å². The van der Waals surface area contributed by atoms with E-state index >= 15 is 0 Å². The highest BCUT2D eigenvalue weighted by Gasteiger charge is 2.30. The van der Waals surface area contributed by atoms with Crippen molar-refractivity contribution >= 4 is 5.96 Å². The minimum atomic E-state index is -0.0869. The molecule has 2 aliphatic rings. The highest BCUT2D eigenvalue weighted by molar-refractivity contribution is 5.80. The molecule has 1 saturated carbocycles. The Balaban J connectivity index is 1.63. The van der Waals surface area contributed by atoms with Crippen LogP contribution in [0, 0.1) is 6.92 Å². The van der Waals surface area contributed by atoms with Crippen molar-refractivity contribution in [1.29, 1.82) is 0 Å². The average Bonchev–Trinajstić information content (AvgIpc) is 3.19. The molecule has 1 saturated heterocycles. The lowest BCUT2D eigenvalue weighted by Crippen LogP contribution is -2.49. The first-order chi connectivity index (χ1) is 12.1. The van der Waals surface area contributed by atoms with Crippen molar-refractivity contribution in [2.75, 3.05) is 13.2 Å². The van der Waals surface area contributed by atoms with E-state index in [0.717, 1.165) is 43.6 Å². The molecule has 2 fully saturated rings. The van der Waals surface area contributed by atoms with Crippen molar-refractivity contribution in [2.24, 2.45) is 12.0 Å². The number of aromatic nitrogens is 3. The number of aliphatic imine (C=N–C) groups is 1. The number of nitrogens with zero attached hydrogens (tertiary/aromatic N) is 4. The van der Waals surface area contributed by atoms with Gasteiger partial charge in [-0.15, -0.1) is 10.2 Å². The van der Waals surface area contributed by atoms with Crippen molar-refractivity contribution in [1.82, 2.24) is 25.4 Å². The highest BCUT2D eigenvalue weighted by Crippen LogP contribution is 2.24. The van der Waals surface area contributed by atoms with E-state index in [1.807, 2.05) is 18.5 Å². The number of nitrogens with one attached hydrogen (secondary N) is 2. The zero-order valence-electron chi connectivity index (χ0n) is 15.8. The van der Waals surface area contributed by atoms with Gasteiger partial charge in [0.25, 0.3) is 0 Å². The van der Waals surface area contributed by atoms with Crippen LogP contribution in [0.1, 0.15) is 63.5 Å². The van der Waals surface area contributed by atoms with E-state index in [2.05, 4.69) is 27.8 Å². The van der Waals surface area contributed by atoms with Gasteiger partial charge >= 0.3 is 0 Å². The van der Waals surface area contributed by atoms with E-state index in [-0.39, 0.29) is 5.60 Å². The maximum absolute atomic E-state index is 5.89. The number of hydrogen-bond acceptors (Lipinski definition) is 4. The Morgan fingerprint density at radius 2 is 2.08 bits per heavy atom. The summed E-state index contributed by atoms with van der Waals surface area (Å²) in [7, 11) is 1.98. The molecule has 3 rings (SSSR count). The van der Waals surface area contributed by atoms with Gasteiger partial charge in [0.15, 0.2) is 11.8 Å². The predicted octanol–water partition coefficient (Wildman–Crippen LogP) is 2.06. The fourth-order valence-electron chi connectivity index (χ4n) is 3.58. The molecule has 0 spiro atoms. The van der Waals surface area contributed by atoms with Crippen LogP contribution in [-0.2, 0) is 18.3 Å². The van der Waals surface area contributed by atoms with Crippen LogP contribution in [0.4, 0.5) is 0 Å². The van der Waals surface area contributed by atoms with Gasteiger partial charge in [0.2, 0.25) is 0 Å². The molecule has 1 atom stereocenters. The molecule has 2 N–H and O–H groups in total. The summed E-state index contributed by atoms with van der Waals surface area (Å²) in [5.74, 6) is 2.65. The van der Waals surface area contributed by atoms with E-state index in [0.29, 0.717) is 12.6 Å². The summed E-state index contributed by atoms with van der Waals surface area (Å²) in [5, 5.41) is 15.4. The third kappa shape index (κ3) is 4.93. The molecule has 1 unspecified atom stereocenters. The van der Waals surface area contributed by atoms with Gasteiger partial charge in [-0.1, -0.05) is 19.3 Å². The number of aryl methyl sites for hydroxylation is 1. The number of guanidine groups is 1. The number of ether oxygens (including phenoxy) is 1. The predicted molar refractivity (Wildman–Crippen MR) is 98.5 cm³/mol. The van der Waals surface area contributed by atoms with E-state index in [1.54, 1.807) is 0 Å². The van der Waals surface area contributed by atoms with E-state index in [4.69, 9.17) is 9.73 Å². The largest absolute Gasteiger partial charge is 0.373 e. The average molecular weight is 348 g/mol. The molecule has 1 aliphatic carbocycles. The molecular weight excluding hydrogens is 316 g/mol. The van der Waals surface area contributed by atoms with E-state index in [1.165, 1.54) is 32.1 Å². The summed E-state index contributed by atoms with van der Waals surface area (Å²) >= 11 is 0.